The summed E-state index contributed by atoms with van der Waals surface area (Å²) in [7, 11) is 1.69. The minimum Gasteiger partial charge on any atom is -0.457 e. The molecule has 0 aromatic heterocycles. The van der Waals surface area contributed by atoms with Crippen molar-refractivity contribution in [2.75, 3.05) is 54.1 Å². The number of phosphoric ester groups is 1. The van der Waals surface area contributed by atoms with Crippen LogP contribution in [-0.4, -0.2) is 75.6 Å². The standard InChI is InChI=1S/C55H112NO7P/c1-6-8-10-12-14-16-18-20-22-24-26-27-28-29-30-32-34-36-38-40-42-44-46-48-55(57)63-54(53-62-64(58,59)61-51-49-56(3,4)5)52-60-50-47-45-43-41-39-37-35-33-31-25-23-21-19-17-15-13-11-9-7-2/h54H,6-53H2,1-5H3/p+1. The number of phosphoric acid groups is 1. The maximum Gasteiger partial charge on any atom is 0.472 e. The van der Waals surface area contributed by atoms with Crippen LogP contribution in [-0.2, 0) is 27.9 Å². The number of ether oxygens (including phenoxy) is 2. The molecule has 2 unspecified atom stereocenters. The molecule has 0 aromatic rings. The minimum atomic E-state index is -4.27. The van der Waals surface area contributed by atoms with Gasteiger partial charge in [0.2, 0.25) is 0 Å². The lowest BCUT2D eigenvalue weighted by molar-refractivity contribution is -0.870. The van der Waals surface area contributed by atoms with E-state index in [4.69, 9.17) is 18.5 Å². The first-order valence-corrected chi connectivity index (χ1v) is 29.8. The van der Waals surface area contributed by atoms with Crippen molar-refractivity contribution in [3.05, 3.63) is 0 Å². The Morgan fingerprint density at radius 3 is 1.03 bits per heavy atom. The Morgan fingerprint density at radius 1 is 0.422 bits per heavy atom. The number of rotatable bonds is 54. The molecule has 9 heteroatoms. The van der Waals surface area contributed by atoms with Gasteiger partial charge in [0.05, 0.1) is 34.4 Å². The number of esters is 1. The fourth-order valence-electron chi connectivity index (χ4n) is 8.56. The highest BCUT2D eigenvalue weighted by Crippen LogP contribution is 2.43. The smallest absolute Gasteiger partial charge is 0.457 e. The molecule has 1 N–H and O–H groups in total. The van der Waals surface area contributed by atoms with E-state index in [0.29, 0.717) is 24.1 Å². The zero-order valence-corrected chi connectivity index (χ0v) is 44.7. The monoisotopic (exact) mass is 931 g/mol. The van der Waals surface area contributed by atoms with Crippen molar-refractivity contribution >= 4 is 13.8 Å². The summed E-state index contributed by atoms with van der Waals surface area (Å²) in [6.45, 7) is 5.72. The molecule has 64 heavy (non-hydrogen) atoms. The molecule has 384 valence electrons. The van der Waals surface area contributed by atoms with Gasteiger partial charge in [-0.15, -0.1) is 0 Å². The number of hydrogen-bond acceptors (Lipinski definition) is 6. The Labute approximate surface area is 399 Å². The van der Waals surface area contributed by atoms with Crippen LogP contribution in [0.5, 0.6) is 0 Å². The number of nitrogens with zero attached hydrogens (tertiary/aromatic N) is 1. The van der Waals surface area contributed by atoms with E-state index in [0.717, 1.165) is 32.1 Å². The fourth-order valence-corrected chi connectivity index (χ4v) is 9.30. The molecule has 0 rings (SSSR count). The first-order valence-electron chi connectivity index (χ1n) is 28.3. The van der Waals surface area contributed by atoms with Gasteiger partial charge in [-0.05, 0) is 12.8 Å². The van der Waals surface area contributed by atoms with Crippen LogP contribution in [0.3, 0.4) is 0 Å². The lowest BCUT2D eigenvalue weighted by atomic mass is 10.0. The van der Waals surface area contributed by atoms with Crippen molar-refractivity contribution in [3.8, 4) is 0 Å². The maximum atomic E-state index is 12.8. The second-order valence-electron chi connectivity index (χ2n) is 20.7. The SMILES string of the molecule is CCCCCCCCCCCCCCCCCCCCCCCCCC(=O)OC(COCCCCCCCCCCCCCCCCCCCCC)COP(=O)(O)OCC[N+](C)(C)C. The van der Waals surface area contributed by atoms with Gasteiger partial charge in [-0.3, -0.25) is 13.8 Å². The van der Waals surface area contributed by atoms with Crippen molar-refractivity contribution in [2.45, 2.75) is 296 Å². The van der Waals surface area contributed by atoms with E-state index < -0.39 is 13.9 Å². The summed E-state index contributed by atoms with van der Waals surface area (Å²) in [4.78, 5) is 23.1. The first kappa shape index (κ1) is 63.5. The lowest BCUT2D eigenvalue weighted by Crippen LogP contribution is -2.37. The van der Waals surface area contributed by atoms with Crippen LogP contribution in [0.4, 0.5) is 0 Å². The summed E-state index contributed by atoms with van der Waals surface area (Å²) in [6, 6.07) is 0. The molecule has 0 spiro atoms. The molecule has 0 saturated carbocycles. The van der Waals surface area contributed by atoms with Crippen molar-refractivity contribution in [1.29, 1.82) is 0 Å². The molecule has 2 atom stereocenters. The lowest BCUT2D eigenvalue weighted by Gasteiger charge is -2.24. The molecule has 0 amide bonds. The average Bonchev–Trinajstić information content (AvgIpc) is 3.25. The van der Waals surface area contributed by atoms with Crippen LogP contribution < -0.4 is 0 Å². The first-order chi connectivity index (χ1) is 31.1. The molecule has 0 aromatic carbocycles. The minimum absolute atomic E-state index is 0.0944. The predicted octanol–water partition coefficient (Wildman–Crippen LogP) is 17.6. The zero-order chi connectivity index (χ0) is 46.9. The van der Waals surface area contributed by atoms with Crippen LogP contribution in [0, 0.1) is 0 Å². The molecule has 0 fully saturated rings. The Morgan fingerprint density at radius 2 is 0.719 bits per heavy atom. The number of carbonyl (C=O) groups is 1. The van der Waals surface area contributed by atoms with E-state index in [1.165, 1.54) is 238 Å². The van der Waals surface area contributed by atoms with Crippen molar-refractivity contribution < 1.29 is 37.3 Å². The molecule has 0 aliphatic heterocycles. The number of quaternary nitrogens is 1. The van der Waals surface area contributed by atoms with Crippen LogP contribution in [0.2, 0.25) is 0 Å². The van der Waals surface area contributed by atoms with Gasteiger partial charge in [-0.25, -0.2) is 4.57 Å². The molecule has 0 bridgehead atoms. The molecule has 0 radical (unpaired) electrons. The Balaban J connectivity index is 4.02. The van der Waals surface area contributed by atoms with Crippen molar-refractivity contribution in [3.63, 3.8) is 0 Å². The quantitative estimate of drug-likeness (QED) is 0.0281. The van der Waals surface area contributed by atoms with Crippen LogP contribution >= 0.6 is 7.82 Å². The Hall–Kier alpha value is -0.500. The second-order valence-corrected chi connectivity index (χ2v) is 22.1. The summed E-state index contributed by atoms with van der Waals surface area (Å²) >= 11 is 0. The van der Waals surface area contributed by atoms with E-state index in [1.54, 1.807) is 0 Å². The summed E-state index contributed by atoms with van der Waals surface area (Å²) < 4.78 is 35.3. The molecular formula is C55H113NO7P+. The summed E-state index contributed by atoms with van der Waals surface area (Å²) in [6.07, 6.45) is 55.9. The van der Waals surface area contributed by atoms with Gasteiger partial charge >= 0.3 is 13.8 Å². The third-order valence-corrected chi connectivity index (χ3v) is 13.9. The largest absolute Gasteiger partial charge is 0.472 e. The summed E-state index contributed by atoms with van der Waals surface area (Å²) in [5.74, 6) is -0.303. The third kappa shape index (κ3) is 52.5. The normalized spacial score (nSPS) is 13.4. The van der Waals surface area contributed by atoms with Crippen molar-refractivity contribution in [1.82, 2.24) is 0 Å². The number of unbranched alkanes of at least 4 members (excludes halogenated alkanes) is 40. The van der Waals surface area contributed by atoms with Crippen molar-refractivity contribution in [2.24, 2.45) is 0 Å². The van der Waals surface area contributed by atoms with E-state index in [1.807, 2.05) is 21.1 Å². The van der Waals surface area contributed by atoms with Gasteiger partial charge < -0.3 is 18.9 Å². The summed E-state index contributed by atoms with van der Waals surface area (Å²) in [5, 5.41) is 0. The van der Waals surface area contributed by atoms with E-state index in [-0.39, 0.29) is 25.8 Å². The van der Waals surface area contributed by atoms with Gasteiger partial charge in [0.15, 0.2) is 0 Å². The molecular weight excluding hydrogens is 818 g/mol. The highest BCUT2D eigenvalue weighted by molar-refractivity contribution is 7.47. The molecule has 0 heterocycles. The third-order valence-electron chi connectivity index (χ3n) is 12.9. The second kappa shape index (κ2) is 48.9. The predicted molar refractivity (Wildman–Crippen MR) is 275 cm³/mol. The Bertz CT molecular complexity index is 992. The van der Waals surface area contributed by atoms with Crippen LogP contribution in [0.1, 0.15) is 290 Å². The van der Waals surface area contributed by atoms with E-state index >= 15 is 0 Å². The highest BCUT2D eigenvalue weighted by atomic mass is 31.2. The Kier molecular flexibility index (Phi) is 48.6. The fraction of sp³-hybridized carbons (Fsp3) is 0.982. The van der Waals surface area contributed by atoms with E-state index in [9.17, 15) is 14.3 Å². The summed E-state index contributed by atoms with van der Waals surface area (Å²) in [5.41, 5.74) is 0. The van der Waals surface area contributed by atoms with E-state index in [2.05, 4.69) is 13.8 Å². The zero-order valence-electron chi connectivity index (χ0n) is 43.8. The molecule has 0 saturated heterocycles. The number of carbonyl (C=O) groups excluding carboxylic acids is 1. The van der Waals surface area contributed by atoms with Gasteiger partial charge in [0.1, 0.15) is 19.3 Å². The number of hydrogen-bond donors (Lipinski definition) is 1. The maximum absolute atomic E-state index is 12.8. The van der Waals surface area contributed by atoms with Gasteiger partial charge in [0.25, 0.3) is 0 Å². The average molecular weight is 931 g/mol. The topological polar surface area (TPSA) is 91.3 Å². The molecule has 8 nitrogen and oxygen atoms in total. The number of likely N-dealkylation sites (N-methyl/N-ethyl adjacent to an activating group) is 1. The molecule has 0 aliphatic rings. The van der Waals surface area contributed by atoms with Gasteiger partial charge in [-0.2, -0.15) is 0 Å². The highest BCUT2D eigenvalue weighted by Gasteiger charge is 2.26. The van der Waals surface area contributed by atoms with Crippen LogP contribution in [0.15, 0.2) is 0 Å². The van der Waals surface area contributed by atoms with Gasteiger partial charge in [-0.1, -0.05) is 271 Å². The van der Waals surface area contributed by atoms with Crippen LogP contribution in [0.25, 0.3) is 0 Å². The van der Waals surface area contributed by atoms with Gasteiger partial charge in [0, 0.05) is 13.0 Å². The molecule has 0 aliphatic carbocycles.